The Morgan fingerprint density at radius 3 is 1.69 bits per heavy atom. The zero-order chi connectivity index (χ0) is 58.5. The van der Waals surface area contributed by atoms with Crippen LogP contribution in [0.15, 0.2) is 138 Å². The van der Waals surface area contributed by atoms with Crippen LogP contribution < -0.4 is 21.1 Å². The van der Waals surface area contributed by atoms with E-state index in [1.54, 1.807) is 0 Å². The zero-order valence-electron chi connectivity index (χ0n) is 53.0. The lowest BCUT2D eigenvalue weighted by Gasteiger charge is -2.42. The molecule has 0 unspecified atom stereocenters. The smallest absolute Gasteiger partial charge is 0.203 e. The van der Waals surface area contributed by atoms with Crippen molar-refractivity contribution in [2.45, 2.75) is 200 Å². The first-order valence-corrected chi connectivity index (χ1v) is 31.4. The van der Waals surface area contributed by atoms with Gasteiger partial charge in [-0.05, 0) is 220 Å². The first-order valence-electron chi connectivity index (χ1n) is 31.4. The summed E-state index contributed by atoms with van der Waals surface area (Å²) in [4.78, 5) is 2.58. The number of nitrogens with one attached hydrogen (secondary N) is 1. The molecule has 1 N–H and O–H groups in total. The second kappa shape index (κ2) is 17.7. The van der Waals surface area contributed by atoms with Crippen LogP contribution in [0.2, 0.25) is 0 Å². The number of hydrogen-bond acceptors (Lipinski definition) is 3. The molecule has 0 spiro atoms. The molecule has 1 aromatic heterocycles. The van der Waals surface area contributed by atoms with Crippen molar-refractivity contribution in [3.05, 3.63) is 184 Å². The van der Waals surface area contributed by atoms with Gasteiger partial charge in [-0.1, -0.05) is 197 Å². The molecule has 14 rings (SSSR count). The van der Waals surface area contributed by atoms with Crippen LogP contribution in [0.25, 0.3) is 55.1 Å². The average molecular weight is 1090 g/mol. The van der Waals surface area contributed by atoms with Crippen LogP contribution in [0, 0.1) is 0 Å². The molecular weight excluding hydrogens is 1000 g/mol. The molecule has 4 aliphatic carbocycles. The lowest BCUT2D eigenvalue weighted by atomic mass is 9.57. The van der Waals surface area contributed by atoms with E-state index in [-0.39, 0.29) is 43.3 Å². The van der Waals surface area contributed by atoms with E-state index in [4.69, 9.17) is 4.42 Å². The van der Waals surface area contributed by atoms with Gasteiger partial charge in [0.2, 0.25) is 7.28 Å². The van der Waals surface area contributed by atoms with Gasteiger partial charge in [-0.25, -0.2) is 0 Å². The molecule has 0 saturated heterocycles. The Labute approximate surface area is 497 Å². The number of fused-ring (bicyclic) bond motifs is 12. The minimum atomic E-state index is -0.340. The lowest BCUT2D eigenvalue weighted by molar-refractivity contribution is 0.331. The molecule has 1 aliphatic heterocycles. The quantitative estimate of drug-likeness (QED) is 0.174. The molecule has 0 amide bonds. The van der Waals surface area contributed by atoms with Crippen LogP contribution in [0.1, 0.15) is 206 Å². The molecule has 4 heteroatoms. The molecule has 8 aromatic carbocycles. The van der Waals surface area contributed by atoms with Crippen molar-refractivity contribution < 1.29 is 4.42 Å². The lowest BCUT2D eigenvalue weighted by Crippen LogP contribution is -2.41. The molecule has 0 saturated carbocycles. The van der Waals surface area contributed by atoms with E-state index < -0.39 is 0 Å². The third-order valence-electron chi connectivity index (χ3n) is 22.0. The van der Waals surface area contributed by atoms with Crippen LogP contribution in [-0.2, 0) is 43.3 Å². The number of anilines is 5. The maximum atomic E-state index is 7.65. The molecule has 9 aromatic rings. The van der Waals surface area contributed by atoms with E-state index in [0.29, 0.717) is 7.28 Å². The molecule has 0 fully saturated rings. The summed E-state index contributed by atoms with van der Waals surface area (Å²) in [5.41, 5.74) is 28.8. The van der Waals surface area contributed by atoms with E-state index in [1.165, 1.54) is 135 Å². The first kappa shape index (κ1) is 54.2. The van der Waals surface area contributed by atoms with Crippen molar-refractivity contribution in [3.63, 3.8) is 0 Å². The van der Waals surface area contributed by atoms with Crippen molar-refractivity contribution in [2.24, 2.45) is 0 Å². The molecule has 3 nitrogen and oxygen atoms in total. The van der Waals surface area contributed by atoms with Crippen molar-refractivity contribution in [3.8, 4) is 33.4 Å². The summed E-state index contributed by atoms with van der Waals surface area (Å²) >= 11 is 0. The average Bonchev–Trinajstić information content (AvgIpc) is 1.83. The van der Waals surface area contributed by atoms with E-state index in [1.807, 2.05) is 0 Å². The van der Waals surface area contributed by atoms with Gasteiger partial charge in [-0.3, -0.25) is 4.90 Å². The van der Waals surface area contributed by atoms with Crippen molar-refractivity contribution in [2.75, 3.05) is 10.2 Å². The molecule has 83 heavy (non-hydrogen) atoms. The van der Waals surface area contributed by atoms with E-state index >= 15 is 0 Å². The van der Waals surface area contributed by atoms with Gasteiger partial charge in [0.25, 0.3) is 0 Å². The summed E-state index contributed by atoms with van der Waals surface area (Å²) in [5, 5.41) is 7.94. The summed E-state index contributed by atoms with van der Waals surface area (Å²) < 4.78 is 7.65. The SMILES string of the molecule is CC(C)(C)c1ccc(N2c3oc4cc5c(cc4c3Bc3c(-c4c(Nc6ccc7c(c6)C(C)(C)CCC7(C)C)ccc6c4C(C)(C)c4cc7c(cc4-6)C(C)(C)CCC7(C)C)cc4ccccc4c32)C(C)(C)CCC5(C)C)c(-c2ccccc2)c1. The number of rotatable bonds is 5. The first-order chi connectivity index (χ1) is 39.0. The topological polar surface area (TPSA) is 28.4 Å². The third-order valence-corrected chi connectivity index (χ3v) is 22.0. The van der Waals surface area contributed by atoms with Crippen LogP contribution in [0.3, 0.4) is 0 Å². The van der Waals surface area contributed by atoms with Crippen LogP contribution in [-0.4, -0.2) is 7.28 Å². The van der Waals surface area contributed by atoms with Gasteiger partial charge in [-0.2, -0.15) is 0 Å². The van der Waals surface area contributed by atoms with Gasteiger partial charge in [-0.15, -0.1) is 0 Å². The largest absolute Gasteiger partial charge is 0.440 e. The molecule has 2 heterocycles. The number of hydrogen-bond donors (Lipinski definition) is 1. The molecule has 5 aliphatic rings. The molecule has 0 radical (unpaired) electrons. The highest BCUT2D eigenvalue weighted by atomic mass is 16.4. The second-order valence-corrected chi connectivity index (χ2v) is 31.8. The minimum Gasteiger partial charge on any atom is -0.440 e. The zero-order valence-corrected chi connectivity index (χ0v) is 53.0. The number of furan rings is 1. The Kier molecular flexibility index (Phi) is 11.5. The number of nitrogens with zero attached hydrogens (tertiary/aromatic N) is 1. The Morgan fingerprint density at radius 2 is 1.04 bits per heavy atom. The predicted octanol–water partition coefficient (Wildman–Crippen LogP) is 20.5. The van der Waals surface area contributed by atoms with Gasteiger partial charge < -0.3 is 9.73 Å². The van der Waals surface area contributed by atoms with Crippen LogP contribution in [0.4, 0.5) is 28.6 Å². The monoisotopic (exact) mass is 1090 g/mol. The van der Waals surface area contributed by atoms with Crippen LogP contribution in [0.5, 0.6) is 0 Å². The Balaban J connectivity index is 1.11. The Bertz CT molecular complexity index is 4220. The Morgan fingerprint density at radius 1 is 0.458 bits per heavy atom. The van der Waals surface area contributed by atoms with Gasteiger partial charge >= 0.3 is 0 Å². The molecular formula is C79H87BN2O. The van der Waals surface area contributed by atoms with Crippen molar-refractivity contribution in [1.29, 1.82) is 0 Å². The molecule has 0 bridgehead atoms. The fraction of sp³-hybridized carbons (Fsp3) is 0.392. The maximum Gasteiger partial charge on any atom is 0.203 e. The van der Waals surface area contributed by atoms with E-state index in [9.17, 15) is 0 Å². The van der Waals surface area contributed by atoms with Gasteiger partial charge in [0, 0.05) is 38.7 Å². The van der Waals surface area contributed by atoms with E-state index in [2.05, 4.69) is 261 Å². The summed E-state index contributed by atoms with van der Waals surface area (Å²) in [6, 6.07) is 52.7. The molecule has 0 atom stereocenters. The fourth-order valence-corrected chi connectivity index (χ4v) is 16.3. The van der Waals surface area contributed by atoms with Gasteiger partial charge in [0.05, 0.1) is 11.4 Å². The van der Waals surface area contributed by atoms with Gasteiger partial charge in [0.1, 0.15) is 5.58 Å². The highest BCUT2D eigenvalue weighted by Crippen LogP contribution is 2.60. The highest BCUT2D eigenvalue weighted by Gasteiger charge is 2.47. The fourth-order valence-electron chi connectivity index (χ4n) is 16.3. The normalized spacial score (nSPS) is 19.6. The van der Waals surface area contributed by atoms with E-state index in [0.717, 1.165) is 47.8 Å². The second-order valence-electron chi connectivity index (χ2n) is 31.8. The van der Waals surface area contributed by atoms with Crippen molar-refractivity contribution in [1.82, 2.24) is 0 Å². The maximum absolute atomic E-state index is 7.65. The highest BCUT2D eigenvalue weighted by molar-refractivity contribution is 6.76. The summed E-state index contributed by atoms with van der Waals surface area (Å²) in [7, 11) is 0.715. The molecule has 422 valence electrons. The number of benzene rings is 8. The standard InChI is InChI=1S/C79H87BN2O/c1-72(2,3)48-27-32-64(52(40-48)46-23-19-18-20-24-46)82-70-50-26-22-21-25-47(50)39-55(68(70)80-69-54-43-60-62(45-65(54)83-71(69)82)78(14,15)38-36-76(60,10)11)66-63(81-49-28-30-56-58(41-49)74(6,7)34-33-73(56,4)5)31-29-51-53-42-59-61(44-57(53)79(16,17)67(51)66)77(12,13)37-35-75(59,8)9/h18-32,39-45,80-81H,33-38H2,1-17H3. The summed E-state index contributed by atoms with van der Waals surface area (Å²) in [5.74, 6) is 0.924. The summed E-state index contributed by atoms with van der Waals surface area (Å²) in [6.45, 7) is 41.5. The van der Waals surface area contributed by atoms with Gasteiger partial charge in [0.15, 0.2) is 5.88 Å². The van der Waals surface area contributed by atoms with Crippen molar-refractivity contribution >= 4 is 68.6 Å². The minimum absolute atomic E-state index is 0.0249. The summed E-state index contributed by atoms with van der Waals surface area (Å²) in [6.07, 6.45) is 7.00. The van der Waals surface area contributed by atoms with Crippen LogP contribution >= 0.6 is 0 Å². The predicted molar refractivity (Wildman–Crippen MR) is 358 cm³/mol. The Hall–Kier alpha value is -6.78. The third kappa shape index (κ3) is 8.17.